The van der Waals surface area contributed by atoms with E-state index < -0.39 is 0 Å². The third-order valence-electron chi connectivity index (χ3n) is 5.24. The second-order valence-electron chi connectivity index (χ2n) is 7.43. The van der Waals surface area contributed by atoms with Gasteiger partial charge in [-0.1, -0.05) is 67.3 Å². The highest BCUT2D eigenvalue weighted by molar-refractivity contribution is 8.00. The molecule has 0 radical (unpaired) electrons. The Morgan fingerprint density at radius 3 is 2.72 bits per heavy atom. The number of nitrogens with zero attached hydrogens (tertiary/aromatic N) is 5. The van der Waals surface area contributed by atoms with Gasteiger partial charge in [-0.15, -0.1) is 10.2 Å². The zero-order valence-electron chi connectivity index (χ0n) is 17.8. The average Bonchev–Trinajstić information content (AvgIpc) is 3.36. The summed E-state index contributed by atoms with van der Waals surface area (Å²) < 4.78 is 3.23. The van der Waals surface area contributed by atoms with Crippen LogP contribution in [-0.4, -0.2) is 35.9 Å². The number of aromatic nitrogens is 5. The van der Waals surface area contributed by atoms with Crippen LogP contribution in [-0.2, 0) is 11.3 Å². The minimum atomic E-state index is -0.342. The quantitative estimate of drug-likeness (QED) is 0.321. The number of hydrogen-bond donors (Lipinski definition) is 1. The molecule has 0 saturated carbocycles. The van der Waals surface area contributed by atoms with Crippen LogP contribution < -0.4 is 5.32 Å². The highest BCUT2D eigenvalue weighted by atomic mass is 32.2. The van der Waals surface area contributed by atoms with E-state index in [-0.39, 0.29) is 11.2 Å². The molecule has 0 aliphatic carbocycles. The number of aryl methyl sites for hydroxylation is 1. The van der Waals surface area contributed by atoms with E-state index in [1.165, 1.54) is 23.1 Å². The standard InChI is InChI=1S/C23H22N6OS2/c1-3-13-29-16-11-7-5-9-14(16)19-20(29)25-23(28-27-19)31-17(4-2)21(30)26-22-24-15-10-6-8-12-18(15)32-22/h5-12,17H,3-4,13H2,1-2H3,(H,24,26,30). The molecule has 7 nitrogen and oxygen atoms in total. The Balaban J connectivity index is 1.42. The van der Waals surface area contributed by atoms with Crippen molar-refractivity contribution in [3.8, 4) is 0 Å². The number of para-hydroxylation sites is 2. The van der Waals surface area contributed by atoms with Crippen molar-refractivity contribution in [2.24, 2.45) is 0 Å². The van der Waals surface area contributed by atoms with E-state index >= 15 is 0 Å². The summed E-state index contributed by atoms with van der Waals surface area (Å²) >= 11 is 2.81. The van der Waals surface area contributed by atoms with Crippen LogP contribution in [0.5, 0.6) is 0 Å². The number of hydrogen-bond acceptors (Lipinski definition) is 7. The molecule has 3 aromatic heterocycles. The van der Waals surface area contributed by atoms with Crippen LogP contribution in [0.2, 0.25) is 0 Å². The summed E-state index contributed by atoms with van der Waals surface area (Å²) in [5.74, 6) is -0.102. The van der Waals surface area contributed by atoms with E-state index in [2.05, 4.69) is 38.1 Å². The Labute approximate surface area is 193 Å². The summed E-state index contributed by atoms with van der Waals surface area (Å²) in [7, 11) is 0. The van der Waals surface area contributed by atoms with Crippen LogP contribution in [0, 0.1) is 0 Å². The van der Waals surface area contributed by atoms with E-state index in [1.807, 2.05) is 49.4 Å². The smallest absolute Gasteiger partial charge is 0.239 e. The summed E-state index contributed by atoms with van der Waals surface area (Å²) in [5, 5.41) is 13.6. The first-order valence-corrected chi connectivity index (χ1v) is 12.3. The van der Waals surface area contributed by atoms with Gasteiger partial charge in [0.15, 0.2) is 10.8 Å². The van der Waals surface area contributed by atoms with Gasteiger partial charge in [-0.2, -0.15) is 0 Å². The largest absolute Gasteiger partial charge is 0.324 e. The van der Waals surface area contributed by atoms with Gasteiger partial charge in [0.05, 0.1) is 21.0 Å². The molecule has 1 N–H and O–H groups in total. The summed E-state index contributed by atoms with van der Waals surface area (Å²) in [4.78, 5) is 22.3. The van der Waals surface area contributed by atoms with Crippen LogP contribution in [0.4, 0.5) is 5.13 Å². The maximum Gasteiger partial charge on any atom is 0.239 e. The lowest BCUT2D eigenvalue weighted by Crippen LogP contribution is -2.24. The maximum atomic E-state index is 13.0. The van der Waals surface area contributed by atoms with Crippen LogP contribution >= 0.6 is 23.1 Å². The number of benzene rings is 2. The SMILES string of the molecule is CCCn1c2ccccc2c2nnc(SC(CC)C(=O)Nc3nc4ccccc4s3)nc21. The first kappa shape index (κ1) is 20.8. The number of thioether (sulfide) groups is 1. The molecule has 2 aromatic carbocycles. The first-order chi connectivity index (χ1) is 15.7. The Bertz CT molecular complexity index is 1390. The molecule has 0 aliphatic rings. The molecule has 0 spiro atoms. The second kappa shape index (κ2) is 8.84. The van der Waals surface area contributed by atoms with Gasteiger partial charge in [-0.25, -0.2) is 9.97 Å². The highest BCUT2D eigenvalue weighted by Gasteiger charge is 2.22. The Morgan fingerprint density at radius 2 is 1.91 bits per heavy atom. The maximum absolute atomic E-state index is 13.0. The molecule has 1 atom stereocenters. The monoisotopic (exact) mass is 462 g/mol. The summed E-state index contributed by atoms with van der Waals surface area (Å²) in [5.41, 5.74) is 3.60. The summed E-state index contributed by atoms with van der Waals surface area (Å²) in [6, 6.07) is 16.0. The zero-order valence-corrected chi connectivity index (χ0v) is 19.4. The first-order valence-electron chi connectivity index (χ1n) is 10.6. The number of carbonyl (C=O) groups excluding carboxylic acids is 1. The molecule has 32 heavy (non-hydrogen) atoms. The molecular weight excluding hydrogens is 440 g/mol. The van der Waals surface area contributed by atoms with Crippen molar-refractivity contribution in [3.63, 3.8) is 0 Å². The number of rotatable bonds is 7. The van der Waals surface area contributed by atoms with Crippen molar-refractivity contribution in [1.82, 2.24) is 24.7 Å². The number of fused-ring (bicyclic) bond motifs is 4. The molecular formula is C23H22N6OS2. The van der Waals surface area contributed by atoms with Gasteiger partial charge in [0, 0.05) is 11.9 Å². The number of thiazole rings is 1. The van der Waals surface area contributed by atoms with E-state index in [9.17, 15) is 4.79 Å². The van der Waals surface area contributed by atoms with Gasteiger partial charge in [0.2, 0.25) is 11.1 Å². The molecule has 0 saturated heterocycles. The Morgan fingerprint density at radius 1 is 1.09 bits per heavy atom. The van der Waals surface area contributed by atoms with Crippen LogP contribution in [0.1, 0.15) is 26.7 Å². The van der Waals surface area contributed by atoms with E-state index in [1.54, 1.807) is 0 Å². The summed E-state index contributed by atoms with van der Waals surface area (Å²) in [6.45, 7) is 4.97. The Hall–Kier alpha value is -3.04. The molecule has 0 aliphatic heterocycles. The number of anilines is 1. The lowest BCUT2D eigenvalue weighted by Gasteiger charge is -2.12. The number of amides is 1. The topological polar surface area (TPSA) is 85.6 Å². The molecule has 5 aromatic rings. The zero-order chi connectivity index (χ0) is 22.1. The molecule has 3 heterocycles. The molecule has 5 rings (SSSR count). The van der Waals surface area contributed by atoms with Crippen molar-refractivity contribution in [1.29, 1.82) is 0 Å². The highest BCUT2D eigenvalue weighted by Crippen LogP contribution is 2.30. The molecule has 1 unspecified atom stereocenters. The van der Waals surface area contributed by atoms with Crippen molar-refractivity contribution >= 4 is 66.4 Å². The van der Waals surface area contributed by atoms with Crippen molar-refractivity contribution in [3.05, 3.63) is 48.5 Å². The van der Waals surface area contributed by atoms with Gasteiger partial charge in [0.25, 0.3) is 0 Å². The van der Waals surface area contributed by atoms with Gasteiger partial charge in [0.1, 0.15) is 5.52 Å². The van der Waals surface area contributed by atoms with Crippen molar-refractivity contribution in [2.45, 2.75) is 43.6 Å². The van der Waals surface area contributed by atoms with E-state index in [0.29, 0.717) is 16.7 Å². The number of nitrogens with one attached hydrogen (secondary N) is 1. The van der Waals surface area contributed by atoms with Gasteiger partial charge in [-0.05, 0) is 31.0 Å². The fourth-order valence-electron chi connectivity index (χ4n) is 3.75. The average molecular weight is 463 g/mol. The number of carbonyl (C=O) groups is 1. The predicted octanol–water partition coefficient (Wildman–Crippen LogP) is 5.51. The minimum absolute atomic E-state index is 0.102. The third-order valence-corrected chi connectivity index (χ3v) is 7.40. The molecule has 0 fully saturated rings. The lowest BCUT2D eigenvalue weighted by atomic mass is 10.2. The molecule has 9 heteroatoms. The van der Waals surface area contributed by atoms with Gasteiger partial charge in [-0.3, -0.25) is 4.79 Å². The van der Waals surface area contributed by atoms with Crippen LogP contribution in [0.15, 0.2) is 53.7 Å². The normalized spacial score (nSPS) is 12.6. The van der Waals surface area contributed by atoms with E-state index in [4.69, 9.17) is 4.98 Å². The summed E-state index contributed by atoms with van der Waals surface area (Å²) in [6.07, 6.45) is 1.63. The molecule has 162 valence electrons. The Kier molecular flexibility index (Phi) is 5.75. The lowest BCUT2D eigenvalue weighted by molar-refractivity contribution is -0.115. The minimum Gasteiger partial charge on any atom is -0.324 e. The van der Waals surface area contributed by atoms with Crippen molar-refractivity contribution < 1.29 is 4.79 Å². The van der Waals surface area contributed by atoms with Crippen molar-refractivity contribution in [2.75, 3.05) is 5.32 Å². The second-order valence-corrected chi connectivity index (χ2v) is 9.63. The third kappa shape index (κ3) is 3.82. The fraction of sp³-hybridized carbons (Fsp3) is 0.261. The van der Waals surface area contributed by atoms with E-state index in [0.717, 1.165) is 45.2 Å². The molecule has 1 amide bonds. The fourth-order valence-corrected chi connectivity index (χ4v) is 5.43. The van der Waals surface area contributed by atoms with Gasteiger partial charge < -0.3 is 9.88 Å². The van der Waals surface area contributed by atoms with Crippen LogP contribution in [0.3, 0.4) is 0 Å². The van der Waals surface area contributed by atoms with Gasteiger partial charge >= 0.3 is 0 Å². The van der Waals surface area contributed by atoms with Crippen LogP contribution in [0.25, 0.3) is 32.3 Å². The predicted molar refractivity (Wildman–Crippen MR) is 131 cm³/mol. The molecule has 0 bridgehead atoms.